The monoisotopic (exact) mass is 212 g/mol. The Morgan fingerprint density at radius 3 is 2.07 bits per heavy atom. The Balaban J connectivity index is 0. The number of carbonyl (C=O) groups is 1. The van der Waals surface area contributed by atoms with Crippen LogP contribution in [0.3, 0.4) is 0 Å². The molecule has 0 atom stereocenters. The van der Waals surface area contributed by atoms with E-state index >= 15 is 0 Å². The zero-order valence-electron chi connectivity index (χ0n) is 8.19. The molecule has 0 radical (unpaired) electrons. The summed E-state index contributed by atoms with van der Waals surface area (Å²) in [6.07, 6.45) is 0. The van der Waals surface area contributed by atoms with E-state index in [1.54, 1.807) is 0 Å². The van der Waals surface area contributed by atoms with Crippen LogP contribution in [0.15, 0.2) is 12.1 Å². The minimum Gasteiger partial charge on any atom is -1.00 e. The number of halogens is 1. The maximum atomic E-state index is 10.8. The summed E-state index contributed by atoms with van der Waals surface area (Å²) in [6.45, 7) is 0. The van der Waals surface area contributed by atoms with Crippen LogP contribution in [0.25, 0.3) is 0 Å². The Morgan fingerprint density at radius 2 is 1.71 bits per heavy atom. The van der Waals surface area contributed by atoms with Gasteiger partial charge in [-0.15, -0.1) is 0 Å². The fourth-order valence-corrected chi connectivity index (χ4v) is 0.856. The first-order valence-corrected chi connectivity index (χ1v) is 3.45. The van der Waals surface area contributed by atoms with Gasteiger partial charge in [0.15, 0.2) is 17.2 Å². The second-order valence-electron chi connectivity index (χ2n) is 2.23. The summed E-state index contributed by atoms with van der Waals surface area (Å²) in [5.74, 6) is -2.90. The van der Waals surface area contributed by atoms with E-state index in [2.05, 4.69) is 4.29 Å². The van der Waals surface area contributed by atoms with Crippen molar-refractivity contribution >= 4 is 17.8 Å². The van der Waals surface area contributed by atoms with E-state index in [0.29, 0.717) is 0 Å². The summed E-state index contributed by atoms with van der Waals surface area (Å²) in [6, 6.07) is 1.83. The topological polar surface area (TPSA) is 87.0 Å². The van der Waals surface area contributed by atoms with Crippen LogP contribution in [0.1, 0.15) is 11.8 Å². The molecule has 72 valence electrons. The first-order chi connectivity index (χ1) is 6.06. The van der Waals surface area contributed by atoms with Crippen LogP contribution in [-0.2, 0) is 4.29 Å². The van der Waals surface area contributed by atoms with Gasteiger partial charge in [-0.1, -0.05) is 0 Å². The molecule has 0 saturated heterocycles. The van der Waals surface area contributed by atoms with E-state index < -0.39 is 23.2 Å². The maximum Gasteiger partial charge on any atom is 1.00 e. The molecular formula is C7H6ClLiO5. The van der Waals surface area contributed by atoms with Crippen molar-refractivity contribution in [1.82, 2.24) is 0 Å². The zero-order chi connectivity index (χ0) is 10.0. The van der Waals surface area contributed by atoms with E-state index in [9.17, 15) is 4.79 Å². The van der Waals surface area contributed by atoms with Crippen molar-refractivity contribution in [2.24, 2.45) is 0 Å². The smallest absolute Gasteiger partial charge is 1.00 e. The molecule has 1 rings (SSSR count). The number of carbonyl (C=O) groups excluding carboxylic acids is 1. The molecule has 0 unspecified atom stereocenters. The van der Waals surface area contributed by atoms with Crippen molar-refractivity contribution in [2.45, 2.75) is 0 Å². The molecule has 5 nitrogen and oxygen atoms in total. The van der Waals surface area contributed by atoms with Gasteiger partial charge >= 0.3 is 24.8 Å². The fraction of sp³-hybridized carbons (Fsp3) is 0. The van der Waals surface area contributed by atoms with Crippen molar-refractivity contribution in [3.05, 3.63) is 17.7 Å². The van der Waals surface area contributed by atoms with Crippen molar-refractivity contribution in [3.63, 3.8) is 0 Å². The molecule has 1 aromatic rings. The number of phenolic OH excluding ortho intramolecular Hbond substituents is 3. The van der Waals surface area contributed by atoms with Gasteiger partial charge in [-0.05, 0) is 12.1 Å². The van der Waals surface area contributed by atoms with E-state index in [1.807, 2.05) is 0 Å². The van der Waals surface area contributed by atoms with Crippen LogP contribution >= 0.6 is 11.9 Å². The van der Waals surface area contributed by atoms with Gasteiger partial charge in [0.2, 0.25) is 0 Å². The van der Waals surface area contributed by atoms with E-state index in [4.69, 9.17) is 27.2 Å². The van der Waals surface area contributed by atoms with Gasteiger partial charge in [-0.2, -0.15) is 0 Å². The third-order valence-electron chi connectivity index (χ3n) is 1.38. The number of hydrogen-bond donors (Lipinski definition) is 3. The number of rotatable bonds is 1. The third-order valence-corrected chi connectivity index (χ3v) is 1.52. The SMILES string of the molecule is O=C(OCl)c1cc(O)c(O)c(O)c1.[H-].[Li+]. The Morgan fingerprint density at radius 1 is 1.29 bits per heavy atom. The maximum absolute atomic E-state index is 10.8. The second kappa shape index (κ2) is 5.01. The number of aromatic hydroxyl groups is 3. The second-order valence-corrected chi connectivity index (χ2v) is 2.38. The Labute approximate surface area is 97.7 Å². The summed E-state index contributed by atoms with van der Waals surface area (Å²) in [5, 5.41) is 26.8. The molecule has 0 aliphatic rings. The molecule has 0 amide bonds. The van der Waals surface area contributed by atoms with Crippen molar-refractivity contribution in [3.8, 4) is 17.2 Å². The molecule has 0 heterocycles. The summed E-state index contributed by atoms with van der Waals surface area (Å²) in [4.78, 5) is 10.8. The van der Waals surface area contributed by atoms with Gasteiger partial charge in [0.05, 0.1) is 5.56 Å². The van der Waals surface area contributed by atoms with Gasteiger partial charge in [0, 0.05) is 0 Å². The molecular weight excluding hydrogens is 206 g/mol. The van der Waals surface area contributed by atoms with Crippen LogP contribution in [-0.4, -0.2) is 21.3 Å². The first kappa shape index (κ1) is 13.0. The quantitative estimate of drug-likeness (QED) is 0.379. The molecule has 0 aliphatic heterocycles. The zero-order valence-corrected chi connectivity index (χ0v) is 7.95. The molecule has 0 aromatic heterocycles. The molecule has 0 bridgehead atoms. The molecule has 7 heteroatoms. The average molecular weight is 213 g/mol. The number of phenols is 3. The normalized spacial score (nSPS) is 8.93. The molecule has 3 N–H and O–H groups in total. The molecule has 0 spiro atoms. The minimum atomic E-state index is -0.938. The molecule has 0 aliphatic carbocycles. The van der Waals surface area contributed by atoms with Crippen LogP contribution < -0.4 is 18.9 Å². The van der Waals surface area contributed by atoms with Gasteiger partial charge in [-0.3, -0.25) is 0 Å². The van der Waals surface area contributed by atoms with Crippen LogP contribution in [0.5, 0.6) is 17.2 Å². The summed E-state index contributed by atoms with van der Waals surface area (Å²) in [5.41, 5.74) is -0.164. The molecule has 1 aromatic carbocycles. The standard InChI is InChI=1S/C7H5ClO5.Li.H/c8-13-7(12)3-1-4(9)6(11)5(10)2-3;;/h1-2,9-11H;;/q;+1;-1. The summed E-state index contributed by atoms with van der Waals surface area (Å²) >= 11 is 4.76. The summed E-state index contributed by atoms with van der Waals surface area (Å²) < 4.78 is 3.82. The van der Waals surface area contributed by atoms with E-state index in [-0.39, 0.29) is 25.9 Å². The van der Waals surface area contributed by atoms with Crippen molar-refractivity contribution in [1.29, 1.82) is 0 Å². The van der Waals surface area contributed by atoms with Crippen LogP contribution in [0.2, 0.25) is 0 Å². The average Bonchev–Trinajstić information content (AvgIpc) is 2.12. The molecule has 0 saturated carbocycles. The predicted molar refractivity (Wildman–Crippen MR) is 43.8 cm³/mol. The largest absolute Gasteiger partial charge is 1.00 e. The van der Waals surface area contributed by atoms with Crippen LogP contribution in [0.4, 0.5) is 0 Å². The molecule has 0 fully saturated rings. The van der Waals surface area contributed by atoms with Gasteiger partial charge in [0.1, 0.15) is 11.9 Å². The predicted octanol–water partition coefficient (Wildman–Crippen LogP) is -1.77. The fourth-order valence-electron chi connectivity index (χ4n) is 0.767. The Kier molecular flexibility index (Phi) is 4.64. The van der Waals surface area contributed by atoms with Gasteiger partial charge in [-0.25, -0.2) is 4.79 Å². The van der Waals surface area contributed by atoms with Crippen LogP contribution in [0, 0.1) is 0 Å². The van der Waals surface area contributed by atoms with Crippen molar-refractivity contribution < 1.29 is 44.7 Å². The van der Waals surface area contributed by atoms with Gasteiger partial charge < -0.3 is 21.0 Å². The Bertz CT molecular complexity index is 336. The minimum absolute atomic E-state index is 0. The third kappa shape index (κ3) is 2.48. The Hall–Kier alpha value is -1.02. The van der Waals surface area contributed by atoms with E-state index in [0.717, 1.165) is 12.1 Å². The summed E-state index contributed by atoms with van der Waals surface area (Å²) in [7, 11) is 0. The number of benzene rings is 1. The van der Waals surface area contributed by atoms with Gasteiger partial charge in [0.25, 0.3) is 0 Å². The molecule has 14 heavy (non-hydrogen) atoms. The number of hydrogen-bond acceptors (Lipinski definition) is 5. The first-order valence-electron chi connectivity index (χ1n) is 3.14. The van der Waals surface area contributed by atoms with E-state index in [1.165, 1.54) is 0 Å². The van der Waals surface area contributed by atoms with Crippen molar-refractivity contribution in [2.75, 3.05) is 0 Å².